The molecule has 0 unspecified atom stereocenters. The van der Waals surface area contributed by atoms with Crippen LogP contribution in [-0.2, 0) is 10.0 Å². The van der Waals surface area contributed by atoms with Gasteiger partial charge in [0.2, 0.25) is 10.0 Å². The van der Waals surface area contributed by atoms with Gasteiger partial charge in [-0.1, -0.05) is 25.2 Å². The topological polar surface area (TPSA) is 71.3 Å². The minimum absolute atomic E-state index is 0.00859. The van der Waals surface area contributed by atoms with Gasteiger partial charge in [-0.05, 0) is 18.6 Å². The summed E-state index contributed by atoms with van der Waals surface area (Å²) in [5.41, 5.74) is 0. The van der Waals surface area contributed by atoms with Crippen LogP contribution in [0.2, 0.25) is 0 Å². The zero-order valence-electron chi connectivity index (χ0n) is 8.17. The van der Waals surface area contributed by atoms with E-state index in [-0.39, 0.29) is 16.2 Å². The third-order valence-corrected chi connectivity index (χ3v) is 3.44. The summed E-state index contributed by atoms with van der Waals surface area (Å²) in [7, 11) is -3.40. The fraction of sp³-hybridized carbons (Fsp3) is 0.375. The molecule has 0 aromatic carbocycles. The molecule has 84 valence electrons. The third kappa shape index (κ3) is 3.21. The van der Waals surface area contributed by atoms with Crippen molar-refractivity contribution in [1.29, 1.82) is 0 Å². The molecule has 15 heavy (non-hydrogen) atoms. The summed E-state index contributed by atoms with van der Waals surface area (Å²) < 4.78 is 25.8. The van der Waals surface area contributed by atoms with E-state index in [4.69, 9.17) is 12.2 Å². The normalized spacial score (nSPS) is 11.3. The van der Waals surface area contributed by atoms with E-state index in [1.165, 1.54) is 12.1 Å². The molecule has 1 heterocycles. The van der Waals surface area contributed by atoms with Crippen molar-refractivity contribution in [3.05, 3.63) is 22.8 Å². The molecule has 1 aromatic rings. The molecule has 0 radical (unpaired) electrons. The number of aromatic nitrogens is 1. The Balaban J connectivity index is 3.00. The molecular weight excluding hydrogens is 236 g/mol. The van der Waals surface area contributed by atoms with Crippen LogP contribution in [0.25, 0.3) is 0 Å². The predicted molar refractivity (Wildman–Crippen MR) is 60.2 cm³/mol. The van der Waals surface area contributed by atoms with E-state index < -0.39 is 10.0 Å². The molecule has 1 rings (SSSR count). The molecule has 0 saturated carbocycles. The van der Waals surface area contributed by atoms with Crippen LogP contribution in [0.5, 0.6) is 0 Å². The predicted octanol–water partition coefficient (Wildman–Crippen LogP) is 1.61. The average molecular weight is 248 g/mol. The highest BCUT2D eigenvalue weighted by Crippen LogP contribution is 2.09. The zero-order chi connectivity index (χ0) is 11.5. The van der Waals surface area contributed by atoms with Crippen LogP contribution in [0.4, 0.5) is 5.82 Å². The van der Waals surface area contributed by atoms with E-state index in [0.717, 1.165) is 0 Å². The number of hydrogen-bond acceptors (Lipinski definition) is 4. The molecule has 2 N–H and O–H groups in total. The molecule has 0 spiro atoms. The average Bonchev–Trinajstić information content (AvgIpc) is 2.12. The Kier molecular flexibility index (Phi) is 3.70. The Hall–Kier alpha value is -1.08. The maximum atomic E-state index is 11.4. The number of anilines is 1. The summed E-state index contributed by atoms with van der Waals surface area (Å²) in [6.07, 6.45) is 0.508. The van der Waals surface area contributed by atoms with Gasteiger partial charge in [0.15, 0.2) is 5.82 Å². The highest BCUT2D eigenvalue weighted by atomic mass is 32.2. The number of sulfonamides is 1. The molecular formula is C8H12N2O3S2. The van der Waals surface area contributed by atoms with Gasteiger partial charge in [0.05, 0.1) is 5.75 Å². The summed E-state index contributed by atoms with van der Waals surface area (Å²) in [6.45, 7) is 1.76. The van der Waals surface area contributed by atoms with E-state index in [2.05, 4.69) is 4.72 Å². The van der Waals surface area contributed by atoms with Gasteiger partial charge < -0.3 is 5.21 Å². The van der Waals surface area contributed by atoms with Gasteiger partial charge in [-0.3, -0.25) is 4.72 Å². The van der Waals surface area contributed by atoms with Gasteiger partial charge in [-0.15, -0.1) is 0 Å². The lowest BCUT2D eigenvalue weighted by atomic mass is 10.5. The largest absolute Gasteiger partial charge is 0.426 e. The van der Waals surface area contributed by atoms with Crippen LogP contribution in [0.1, 0.15) is 13.3 Å². The standard InChI is InChI=1S/C8H12N2O3S2/c1-2-6-15(12,13)9-7-4-3-5-8(14)10(7)11/h3-5,9,11H,2,6H2,1H3. The Morgan fingerprint density at radius 3 is 2.80 bits per heavy atom. The molecule has 5 nitrogen and oxygen atoms in total. The van der Waals surface area contributed by atoms with Crippen molar-refractivity contribution in [2.45, 2.75) is 13.3 Å². The fourth-order valence-electron chi connectivity index (χ4n) is 1.04. The van der Waals surface area contributed by atoms with E-state index in [0.29, 0.717) is 11.2 Å². The fourth-order valence-corrected chi connectivity index (χ4v) is 2.33. The molecule has 0 aliphatic carbocycles. The Morgan fingerprint density at radius 1 is 1.53 bits per heavy atom. The molecule has 0 atom stereocenters. The van der Waals surface area contributed by atoms with E-state index in [1.54, 1.807) is 13.0 Å². The highest BCUT2D eigenvalue weighted by Gasteiger charge is 2.10. The number of nitrogens with zero attached hydrogens (tertiary/aromatic N) is 1. The summed E-state index contributed by atoms with van der Waals surface area (Å²) >= 11 is 4.77. The van der Waals surface area contributed by atoms with Crippen LogP contribution in [-0.4, -0.2) is 24.1 Å². The lowest BCUT2D eigenvalue weighted by Crippen LogP contribution is -2.19. The number of nitrogens with one attached hydrogen (secondary N) is 1. The summed E-state index contributed by atoms with van der Waals surface area (Å²) in [6, 6.07) is 4.49. The van der Waals surface area contributed by atoms with Crippen molar-refractivity contribution in [3.63, 3.8) is 0 Å². The molecule has 0 aliphatic heterocycles. The maximum Gasteiger partial charge on any atom is 0.233 e. The summed E-state index contributed by atoms with van der Waals surface area (Å²) in [5.74, 6) is 0.0604. The van der Waals surface area contributed by atoms with Gasteiger partial charge in [0.1, 0.15) is 4.64 Å². The van der Waals surface area contributed by atoms with E-state index >= 15 is 0 Å². The van der Waals surface area contributed by atoms with Gasteiger partial charge in [-0.2, -0.15) is 4.73 Å². The highest BCUT2D eigenvalue weighted by molar-refractivity contribution is 7.92. The monoisotopic (exact) mass is 248 g/mol. The molecule has 0 aliphatic rings. The molecule has 1 aromatic heterocycles. The van der Waals surface area contributed by atoms with Crippen LogP contribution >= 0.6 is 12.2 Å². The maximum absolute atomic E-state index is 11.4. The minimum atomic E-state index is -3.40. The van der Waals surface area contributed by atoms with Gasteiger partial charge in [-0.25, -0.2) is 8.42 Å². The number of rotatable bonds is 4. The van der Waals surface area contributed by atoms with Crippen molar-refractivity contribution < 1.29 is 13.6 Å². The molecule has 0 fully saturated rings. The second-order valence-electron chi connectivity index (χ2n) is 2.98. The Morgan fingerprint density at radius 2 is 2.20 bits per heavy atom. The minimum Gasteiger partial charge on any atom is -0.426 e. The quantitative estimate of drug-likeness (QED) is 0.627. The number of hydrogen-bond donors (Lipinski definition) is 2. The Labute approximate surface area is 93.4 Å². The SMILES string of the molecule is CCCS(=O)(=O)Nc1cccc(=S)n1O. The van der Waals surface area contributed by atoms with Crippen LogP contribution < -0.4 is 4.72 Å². The van der Waals surface area contributed by atoms with E-state index in [9.17, 15) is 13.6 Å². The lowest BCUT2D eigenvalue weighted by molar-refractivity contribution is 0.187. The molecule has 0 bridgehead atoms. The first-order chi connectivity index (χ1) is 6.96. The first-order valence-electron chi connectivity index (χ1n) is 4.38. The first kappa shape index (κ1) is 12.0. The van der Waals surface area contributed by atoms with Gasteiger partial charge in [0.25, 0.3) is 0 Å². The van der Waals surface area contributed by atoms with Crippen molar-refractivity contribution in [1.82, 2.24) is 4.73 Å². The van der Waals surface area contributed by atoms with E-state index in [1.807, 2.05) is 0 Å². The molecule has 0 amide bonds. The van der Waals surface area contributed by atoms with Crippen LogP contribution in [0.15, 0.2) is 18.2 Å². The second kappa shape index (κ2) is 4.63. The van der Waals surface area contributed by atoms with Crippen LogP contribution in [0, 0.1) is 4.64 Å². The van der Waals surface area contributed by atoms with Crippen molar-refractivity contribution in [2.75, 3.05) is 10.5 Å². The van der Waals surface area contributed by atoms with Crippen LogP contribution in [0.3, 0.4) is 0 Å². The smallest absolute Gasteiger partial charge is 0.233 e. The molecule has 7 heteroatoms. The van der Waals surface area contributed by atoms with Gasteiger partial charge >= 0.3 is 0 Å². The van der Waals surface area contributed by atoms with Crippen molar-refractivity contribution in [2.24, 2.45) is 0 Å². The van der Waals surface area contributed by atoms with Crippen molar-refractivity contribution in [3.8, 4) is 0 Å². The van der Waals surface area contributed by atoms with Crippen molar-refractivity contribution >= 4 is 28.1 Å². The number of pyridine rings is 1. The second-order valence-corrected chi connectivity index (χ2v) is 5.24. The third-order valence-electron chi connectivity index (χ3n) is 1.66. The van der Waals surface area contributed by atoms with Gasteiger partial charge in [0, 0.05) is 0 Å². The lowest BCUT2D eigenvalue weighted by Gasteiger charge is -2.09. The summed E-state index contributed by atoms with van der Waals surface area (Å²) in [4.78, 5) is 0. The zero-order valence-corrected chi connectivity index (χ0v) is 9.81. The molecule has 0 saturated heterocycles. The summed E-state index contributed by atoms with van der Waals surface area (Å²) in [5, 5.41) is 9.41. The first-order valence-corrected chi connectivity index (χ1v) is 6.44. The Bertz CT molecular complexity index is 493.